The van der Waals surface area contributed by atoms with Crippen LogP contribution in [0.15, 0.2) is 53.3 Å². The Morgan fingerprint density at radius 1 is 1.18 bits per heavy atom. The highest BCUT2D eigenvalue weighted by atomic mass is 35.5. The van der Waals surface area contributed by atoms with E-state index in [0.717, 1.165) is 36.8 Å². The summed E-state index contributed by atoms with van der Waals surface area (Å²) in [7, 11) is 0. The normalized spacial score (nSPS) is 15.3. The van der Waals surface area contributed by atoms with Crippen LogP contribution in [0.4, 0.5) is 0 Å². The van der Waals surface area contributed by atoms with Gasteiger partial charge in [0.05, 0.1) is 11.0 Å². The molecule has 28 heavy (non-hydrogen) atoms. The number of carbonyl (C=O) groups is 1. The Balaban J connectivity index is 0.00000225. The average Bonchev–Trinajstić information content (AvgIpc) is 3.32. The van der Waals surface area contributed by atoms with Crippen LogP contribution in [-0.4, -0.2) is 22.0 Å². The third-order valence-corrected chi connectivity index (χ3v) is 5.38. The number of amides is 1. The lowest BCUT2D eigenvalue weighted by molar-refractivity contribution is 0.0951. The summed E-state index contributed by atoms with van der Waals surface area (Å²) < 4.78 is 1.84. The highest BCUT2D eigenvalue weighted by Crippen LogP contribution is 2.30. The van der Waals surface area contributed by atoms with Crippen LogP contribution in [0.3, 0.4) is 0 Å². The molecule has 1 aromatic heterocycles. The Bertz CT molecular complexity index is 1010. The van der Waals surface area contributed by atoms with Crippen LogP contribution in [0.25, 0.3) is 11.0 Å². The van der Waals surface area contributed by atoms with Crippen LogP contribution in [-0.2, 0) is 0 Å². The van der Waals surface area contributed by atoms with Crippen molar-refractivity contribution >= 4 is 29.3 Å². The molecular weight excluding hydrogens is 376 g/mol. The van der Waals surface area contributed by atoms with Gasteiger partial charge in [-0.15, -0.1) is 12.4 Å². The zero-order valence-electron chi connectivity index (χ0n) is 15.6. The van der Waals surface area contributed by atoms with E-state index in [1.165, 1.54) is 0 Å². The van der Waals surface area contributed by atoms with Crippen molar-refractivity contribution in [2.45, 2.75) is 37.8 Å². The van der Waals surface area contributed by atoms with Crippen LogP contribution in [0, 0.1) is 0 Å². The minimum atomic E-state index is -0.262. The molecule has 0 aliphatic heterocycles. The van der Waals surface area contributed by atoms with Crippen LogP contribution < -0.4 is 16.7 Å². The first-order chi connectivity index (χ1) is 13.1. The molecular formula is C21H25ClN4O2. The molecule has 1 aliphatic rings. The summed E-state index contributed by atoms with van der Waals surface area (Å²) >= 11 is 0. The number of aromatic amines is 1. The van der Waals surface area contributed by atoms with Crippen molar-refractivity contribution in [3.05, 3.63) is 70.1 Å². The van der Waals surface area contributed by atoms with Crippen molar-refractivity contribution in [2.24, 2.45) is 5.73 Å². The van der Waals surface area contributed by atoms with Gasteiger partial charge in [-0.05, 0) is 36.6 Å². The number of fused-ring (bicyclic) bond motifs is 1. The van der Waals surface area contributed by atoms with E-state index in [4.69, 9.17) is 5.73 Å². The zero-order chi connectivity index (χ0) is 18.8. The van der Waals surface area contributed by atoms with E-state index < -0.39 is 0 Å². The van der Waals surface area contributed by atoms with Crippen molar-refractivity contribution in [1.82, 2.24) is 14.9 Å². The predicted molar refractivity (Wildman–Crippen MR) is 113 cm³/mol. The van der Waals surface area contributed by atoms with Crippen LogP contribution in [0.5, 0.6) is 0 Å². The fourth-order valence-electron chi connectivity index (χ4n) is 3.92. The van der Waals surface area contributed by atoms with Gasteiger partial charge in [-0.3, -0.25) is 9.36 Å². The average molecular weight is 401 g/mol. The summed E-state index contributed by atoms with van der Waals surface area (Å²) in [6, 6.07) is 15.0. The highest BCUT2D eigenvalue weighted by molar-refractivity contribution is 5.97. The Kier molecular flexibility index (Phi) is 6.21. The van der Waals surface area contributed by atoms with Gasteiger partial charge >= 0.3 is 5.69 Å². The maximum atomic E-state index is 12.5. The van der Waals surface area contributed by atoms with Gasteiger partial charge in [0.1, 0.15) is 0 Å². The highest BCUT2D eigenvalue weighted by Gasteiger charge is 2.21. The number of imidazole rings is 1. The van der Waals surface area contributed by atoms with Crippen LogP contribution in [0.2, 0.25) is 0 Å². The van der Waals surface area contributed by atoms with E-state index in [9.17, 15) is 9.59 Å². The van der Waals surface area contributed by atoms with Gasteiger partial charge in [-0.2, -0.15) is 0 Å². The van der Waals surface area contributed by atoms with Crippen molar-refractivity contribution in [3.63, 3.8) is 0 Å². The monoisotopic (exact) mass is 400 g/mol. The topological polar surface area (TPSA) is 92.9 Å². The molecule has 0 saturated heterocycles. The van der Waals surface area contributed by atoms with E-state index in [1.54, 1.807) is 12.1 Å². The zero-order valence-corrected chi connectivity index (χ0v) is 16.4. The molecule has 148 valence electrons. The number of rotatable bonds is 5. The first kappa shape index (κ1) is 20.2. The largest absolute Gasteiger partial charge is 0.350 e. The Hall–Kier alpha value is -2.57. The van der Waals surface area contributed by atoms with Gasteiger partial charge < -0.3 is 16.0 Å². The molecule has 3 aromatic rings. The van der Waals surface area contributed by atoms with Gasteiger partial charge in [0.2, 0.25) is 0 Å². The number of nitrogens with zero attached hydrogens (tertiary/aromatic N) is 1. The molecule has 1 heterocycles. The molecule has 1 unspecified atom stereocenters. The van der Waals surface area contributed by atoms with E-state index >= 15 is 0 Å². The lowest BCUT2D eigenvalue weighted by Crippen LogP contribution is -2.31. The van der Waals surface area contributed by atoms with Gasteiger partial charge in [0.25, 0.3) is 5.91 Å². The van der Waals surface area contributed by atoms with Crippen molar-refractivity contribution in [2.75, 3.05) is 6.54 Å². The maximum absolute atomic E-state index is 12.5. The second kappa shape index (κ2) is 8.63. The van der Waals surface area contributed by atoms with E-state index in [-0.39, 0.29) is 36.1 Å². The Morgan fingerprint density at radius 2 is 1.89 bits per heavy atom. The second-order valence-electron chi connectivity index (χ2n) is 7.20. The van der Waals surface area contributed by atoms with Crippen LogP contribution in [0.1, 0.15) is 53.7 Å². The molecule has 4 N–H and O–H groups in total. The number of aromatic nitrogens is 2. The molecule has 1 aliphatic carbocycles. The molecule has 2 aromatic carbocycles. The number of benzene rings is 2. The number of nitrogens with two attached hydrogens (primary N) is 1. The van der Waals surface area contributed by atoms with E-state index in [0.29, 0.717) is 17.6 Å². The van der Waals surface area contributed by atoms with Gasteiger partial charge in [0, 0.05) is 24.2 Å². The summed E-state index contributed by atoms with van der Waals surface area (Å²) in [4.78, 5) is 27.8. The predicted octanol–water partition coefficient (Wildman–Crippen LogP) is 3.30. The summed E-state index contributed by atoms with van der Waals surface area (Å²) in [6.45, 7) is 0.348. The van der Waals surface area contributed by atoms with E-state index in [1.807, 2.05) is 41.0 Å². The Labute approximate surface area is 169 Å². The van der Waals surface area contributed by atoms with Gasteiger partial charge in [0.15, 0.2) is 0 Å². The SMILES string of the molecule is Cl.NC(CNC(=O)c1ccc2c(c1)[nH]c(=O)n2C1CCCC1)c1ccccc1. The molecule has 1 atom stereocenters. The minimum absolute atomic E-state index is 0. The smallest absolute Gasteiger partial charge is 0.326 e. The molecule has 6 nitrogen and oxygen atoms in total. The number of hydrogen-bond donors (Lipinski definition) is 3. The lowest BCUT2D eigenvalue weighted by atomic mass is 10.1. The number of carbonyl (C=O) groups excluding carboxylic acids is 1. The Morgan fingerprint density at radius 3 is 2.61 bits per heavy atom. The molecule has 0 radical (unpaired) electrons. The summed E-state index contributed by atoms with van der Waals surface area (Å²) in [5.41, 5.74) is 9.10. The molecule has 1 amide bonds. The quantitative estimate of drug-likeness (QED) is 0.613. The maximum Gasteiger partial charge on any atom is 0.326 e. The molecule has 0 spiro atoms. The fraction of sp³-hybridized carbons (Fsp3) is 0.333. The molecule has 4 rings (SSSR count). The van der Waals surface area contributed by atoms with Crippen molar-refractivity contribution in [1.29, 1.82) is 0 Å². The van der Waals surface area contributed by atoms with Crippen LogP contribution >= 0.6 is 12.4 Å². The van der Waals surface area contributed by atoms with Gasteiger partial charge in [-0.25, -0.2) is 4.79 Å². The number of halogens is 1. The van der Waals surface area contributed by atoms with Crippen molar-refractivity contribution in [3.8, 4) is 0 Å². The number of nitrogens with one attached hydrogen (secondary N) is 2. The standard InChI is InChI=1S/C21H24N4O2.ClH/c22-17(14-6-2-1-3-7-14)13-23-20(26)15-10-11-19-18(12-15)24-21(27)25(19)16-8-4-5-9-16;/h1-3,6-7,10-12,16-17H,4-5,8-9,13,22H2,(H,23,26)(H,24,27);1H. The first-order valence-corrected chi connectivity index (χ1v) is 9.46. The first-order valence-electron chi connectivity index (χ1n) is 9.46. The minimum Gasteiger partial charge on any atom is -0.350 e. The molecule has 1 saturated carbocycles. The number of H-pyrrole nitrogens is 1. The summed E-state index contributed by atoms with van der Waals surface area (Å²) in [5.74, 6) is -0.197. The van der Waals surface area contributed by atoms with Crippen molar-refractivity contribution < 1.29 is 4.79 Å². The summed E-state index contributed by atoms with van der Waals surface area (Å²) in [5, 5.41) is 2.88. The summed E-state index contributed by atoms with van der Waals surface area (Å²) in [6.07, 6.45) is 4.39. The third-order valence-electron chi connectivity index (χ3n) is 5.38. The molecule has 7 heteroatoms. The molecule has 0 bridgehead atoms. The third kappa shape index (κ3) is 3.98. The molecule has 1 fully saturated rings. The van der Waals surface area contributed by atoms with Gasteiger partial charge in [-0.1, -0.05) is 43.2 Å². The number of hydrogen-bond acceptors (Lipinski definition) is 3. The van der Waals surface area contributed by atoms with E-state index in [2.05, 4.69) is 10.3 Å². The fourth-order valence-corrected chi connectivity index (χ4v) is 3.92. The lowest BCUT2D eigenvalue weighted by Gasteiger charge is -2.13. The second-order valence-corrected chi connectivity index (χ2v) is 7.20.